The SMILES string of the molecule is CCN1C(=O)S/C(=C/c2ccc(Cl)s2)C1=O. The Morgan fingerprint density at radius 1 is 1.44 bits per heavy atom. The number of amides is 2. The molecule has 1 aliphatic rings. The van der Waals surface area contributed by atoms with Crippen molar-refractivity contribution in [3.8, 4) is 0 Å². The maximum Gasteiger partial charge on any atom is 0.293 e. The number of thioether (sulfide) groups is 1. The second kappa shape index (κ2) is 4.61. The fourth-order valence-electron chi connectivity index (χ4n) is 1.31. The van der Waals surface area contributed by atoms with Crippen LogP contribution >= 0.6 is 34.7 Å². The molecule has 1 saturated heterocycles. The van der Waals surface area contributed by atoms with Crippen LogP contribution in [0, 0.1) is 0 Å². The second-order valence-electron chi connectivity index (χ2n) is 3.07. The van der Waals surface area contributed by atoms with E-state index in [0.29, 0.717) is 15.8 Å². The van der Waals surface area contributed by atoms with E-state index in [0.717, 1.165) is 16.6 Å². The summed E-state index contributed by atoms with van der Waals surface area (Å²) in [5.74, 6) is -0.220. The zero-order valence-corrected chi connectivity index (χ0v) is 10.8. The van der Waals surface area contributed by atoms with Crippen molar-refractivity contribution >= 4 is 51.9 Å². The number of thiophene rings is 1. The first-order valence-corrected chi connectivity index (χ1v) is 6.63. The molecule has 0 N–H and O–H groups in total. The van der Waals surface area contributed by atoms with Crippen LogP contribution in [-0.4, -0.2) is 22.6 Å². The van der Waals surface area contributed by atoms with Gasteiger partial charge >= 0.3 is 0 Å². The largest absolute Gasteiger partial charge is 0.293 e. The van der Waals surface area contributed by atoms with Crippen molar-refractivity contribution in [3.05, 3.63) is 26.3 Å². The summed E-state index contributed by atoms with van der Waals surface area (Å²) < 4.78 is 0.668. The van der Waals surface area contributed by atoms with Gasteiger partial charge in [-0.05, 0) is 36.9 Å². The number of halogens is 1. The van der Waals surface area contributed by atoms with Gasteiger partial charge in [-0.1, -0.05) is 11.6 Å². The van der Waals surface area contributed by atoms with Crippen molar-refractivity contribution in [3.63, 3.8) is 0 Å². The number of hydrogen-bond acceptors (Lipinski definition) is 4. The van der Waals surface area contributed by atoms with Gasteiger partial charge in [0.1, 0.15) is 0 Å². The Morgan fingerprint density at radius 2 is 2.19 bits per heavy atom. The van der Waals surface area contributed by atoms with Crippen molar-refractivity contribution in [2.75, 3.05) is 6.54 Å². The molecule has 0 saturated carbocycles. The molecule has 1 fully saturated rings. The summed E-state index contributed by atoms with van der Waals surface area (Å²) in [5, 5.41) is -0.207. The highest BCUT2D eigenvalue weighted by atomic mass is 35.5. The molecular formula is C10H8ClNO2S2. The fraction of sp³-hybridized carbons (Fsp3) is 0.200. The lowest BCUT2D eigenvalue weighted by Crippen LogP contribution is -2.27. The van der Waals surface area contributed by atoms with Gasteiger partial charge < -0.3 is 0 Å². The molecule has 16 heavy (non-hydrogen) atoms. The molecule has 0 atom stereocenters. The highest BCUT2D eigenvalue weighted by Gasteiger charge is 2.33. The number of nitrogens with zero attached hydrogens (tertiary/aromatic N) is 1. The number of carbonyl (C=O) groups is 2. The molecule has 0 spiro atoms. The van der Waals surface area contributed by atoms with E-state index in [1.165, 1.54) is 16.2 Å². The lowest BCUT2D eigenvalue weighted by atomic mass is 10.4. The van der Waals surface area contributed by atoms with Crippen LogP contribution in [-0.2, 0) is 4.79 Å². The molecule has 84 valence electrons. The van der Waals surface area contributed by atoms with Gasteiger partial charge in [0.05, 0.1) is 9.24 Å². The lowest BCUT2D eigenvalue weighted by molar-refractivity contribution is -0.122. The van der Waals surface area contributed by atoms with Gasteiger partial charge in [0.15, 0.2) is 0 Å². The lowest BCUT2D eigenvalue weighted by Gasteiger charge is -2.06. The van der Waals surface area contributed by atoms with Crippen molar-refractivity contribution in [2.24, 2.45) is 0 Å². The highest BCUT2D eigenvalue weighted by molar-refractivity contribution is 8.18. The molecule has 6 heteroatoms. The quantitative estimate of drug-likeness (QED) is 0.775. The summed E-state index contributed by atoms with van der Waals surface area (Å²) in [5.41, 5.74) is 0. The second-order valence-corrected chi connectivity index (χ2v) is 5.81. The van der Waals surface area contributed by atoms with Crippen molar-refractivity contribution < 1.29 is 9.59 Å². The predicted octanol–water partition coefficient (Wildman–Crippen LogP) is 3.46. The molecular weight excluding hydrogens is 266 g/mol. The van der Waals surface area contributed by atoms with Crippen LogP contribution < -0.4 is 0 Å². The molecule has 0 radical (unpaired) electrons. The normalized spacial score (nSPS) is 18.9. The standard InChI is InChI=1S/C10H8ClNO2S2/c1-2-12-9(13)7(16-10(12)14)5-6-3-4-8(11)15-6/h3-5H,2H2,1H3/b7-5+. The average molecular weight is 274 g/mol. The van der Waals surface area contributed by atoms with Gasteiger partial charge in [-0.3, -0.25) is 14.5 Å². The van der Waals surface area contributed by atoms with E-state index in [1.54, 1.807) is 19.1 Å². The van der Waals surface area contributed by atoms with Crippen LogP contribution in [0.2, 0.25) is 4.34 Å². The molecule has 1 aromatic heterocycles. The van der Waals surface area contributed by atoms with Crippen LogP contribution in [0.25, 0.3) is 6.08 Å². The third-order valence-electron chi connectivity index (χ3n) is 2.06. The predicted molar refractivity (Wildman–Crippen MR) is 67.7 cm³/mol. The Kier molecular flexibility index (Phi) is 3.37. The van der Waals surface area contributed by atoms with Gasteiger partial charge in [0, 0.05) is 11.4 Å². The number of likely N-dealkylation sites (N-methyl/N-ethyl adjacent to an activating group) is 1. The minimum absolute atomic E-state index is 0.207. The molecule has 2 rings (SSSR count). The molecule has 3 nitrogen and oxygen atoms in total. The van der Waals surface area contributed by atoms with E-state index in [4.69, 9.17) is 11.6 Å². The first-order valence-electron chi connectivity index (χ1n) is 4.62. The van der Waals surface area contributed by atoms with Crippen LogP contribution in [0.15, 0.2) is 17.0 Å². The van der Waals surface area contributed by atoms with E-state index < -0.39 is 0 Å². The smallest absolute Gasteiger partial charge is 0.269 e. The molecule has 1 aromatic rings. The van der Waals surface area contributed by atoms with Crippen LogP contribution in [0.5, 0.6) is 0 Å². The molecule has 0 aliphatic carbocycles. The van der Waals surface area contributed by atoms with Gasteiger partial charge in [-0.2, -0.15) is 0 Å². The first kappa shape index (κ1) is 11.7. The Morgan fingerprint density at radius 3 is 2.69 bits per heavy atom. The zero-order chi connectivity index (χ0) is 11.7. The fourth-order valence-corrected chi connectivity index (χ4v) is 3.28. The van der Waals surface area contributed by atoms with E-state index in [1.807, 2.05) is 6.07 Å². The summed E-state index contributed by atoms with van der Waals surface area (Å²) in [6.07, 6.45) is 1.71. The van der Waals surface area contributed by atoms with Crippen molar-refractivity contribution in [2.45, 2.75) is 6.92 Å². The summed E-state index contributed by atoms with van der Waals surface area (Å²) in [7, 11) is 0. The van der Waals surface area contributed by atoms with E-state index in [2.05, 4.69) is 0 Å². The highest BCUT2D eigenvalue weighted by Crippen LogP contribution is 2.33. The molecule has 1 aliphatic heterocycles. The summed E-state index contributed by atoms with van der Waals surface area (Å²) in [6.45, 7) is 2.19. The molecule has 2 amide bonds. The number of hydrogen-bond donors (Lipinski definition) is 0. The number of imide groups is 1. The Labute approximate surface area is 106 Å². The topological polar surface area (TPSA) is 37.4 Å². The summed E-state index contributed by atoms with van der Waals surface area (Å²) in [6, 6.07) is 3.59. The van der Waals surface area contributed by atoms with E-state index in [9.17, 15) is 9.59 Å². The van der Waals surface area contributed by atoms with E-state index >= 15 is 0 Å². The molecule has 0 aromatic carbocycles. The first-order chi connectivity index (χ1) is 7.61. The minimum Gasteiger partial charge on any atom is -0.269 e. The Balaban J connectivity index is 2.27. The maximum absolute atomic E-state index is 11.7. The van der Waals surface area contributed by atoms with Gasteiger partial charge in [0.25, 0.3) is 11.1 Å². The summed E-state index contributed by atoms with van der Waals surface area (Å²) >= 11 is 8.14. The molecule has 2 heterocycles. The van der Waals surface area contributed by atoms with Crippen LogP contribution in [0.4, 0.5) is 4.79 Å². The molecule has 0 bridgehead atoms. The number of carbonyl (C=O) groups excluding carboxylic acids is 2. The third-order valence-corrected chi connectivity index (χ3v) is 4.14. The van der Waals surface area contributed by atoms with Gasteiger partial charge in [0.2, 0.25) is 0 Å². The zero-order valence-electron chi connectivity index (χ0n) is 8.40. The summed E-state index contributed by atoms with van der Waals surface area (Å²) in [4.78, 5) is 25.7. The maximum atomic E-state index is 11.7. The Hall–Kier alpha value is -0.780. The minimum atomic E-state index is -0.220. The van der Waals surface area contributed by atoms with Gasteiger partial charge in [-0.25, -0.2) is 0 Å². The molecule has 0 unspecified atom stereocenters. The van der Waals surface area contributed by atoms with E-state index in [-0.39, 0.29) is 11.1 Å². The Bertz CT molecular complexity index is 481. The van der Waals surface area contributed by atoms with Crippen LogP contribution in [0.3, 0.4) is 0 Å². The number of rotatable bonds is 2. The van der Waals surface area contributed by atoms with Crippen LogP contribution in [0.1, 0.15) is 11.8 Å². The third kappa shape index (κ3) is 2.16. The van der Waals surface area contributed by atoms with Gasteiger partial charge in [-0.15, -0.1) is 11.3 Å². The average Bonchev–Trinajstić information content (AvgIpc) is 2.74. The monoisotopic (exact) mass is 273 g/mol. The van der Waals surface area contributed by atoms with Crippen molar-refractivity contribution in [1.29, 1.82) is 0 Å². The van der Waals surface area contributed by atoms with Crippen molar-refractivity contribution in [1.82, 2.24) is 4.90 Å².